The van der Waals surface area contributed by atoms with Gasteiger partial charge in [-0.25, -0.2) is 0 Å². The Morgan fingerprint density at radius 2 is 2.30 bits per heavy atom. The SMILES string of the molecule is O=C(NCCC1CCCNC1)c1cc2cc([N+](=O)[O-])ccc2s1. The molecule has 1 fully saturated rings. The molecule has 2 aromatic rings. The van der Waals surface area contributed by atoms with Crippen LogP contribution in [0.15, 0.2) is 24.3 Å². The van der Waals surface area contributed by atoms with Crippen molar-refractivity contribution in [3.63, 3.8) is 0 Å². The molecule has 23 heavy (non-hydrogen) atoms. The molecule has 2 N–H and O–H groups in total. The molecule has 2 heterocycles. The number of carbonyl (C=O) groups excluding carboxylic acids is 1. The van der Waals surface area contributed by atoms with Crippen molar-refractivity contribution in [1.29, 1.82) is 0 Å². The van der Waals surface area contributed by atoms with Gasteiger partial charge in [-0.05, 0) is 50.4 Å². The maximum atomic E-state index is 12.2. The van der Waals surface area contributed by atoms with E-state index < -0.39 is 4.92 Å². The van der Waals surface area contributed by atoms with E-state index in [4.69, 9.17) is 0 Å². The number of carbonyl (C=O) groups is 1. The molecule has 3 rings (SSSR count). The second kappa shape index (κ2) is 7.06. The first-order valence-electron chi connectivity index (χ1n) is 7.80. The van der Waals surface area contributed by atoms with Crippen LogP contribution in [-0.2, 0) is 0 Å². The smallest absolute Gasteiger partial charge is 0.270 e. The Balaban J connectivity index is 1.60. The van der Waals surface area contributed by atoms with E-state index in [1.54, 1.807) is 12.1 Å². The summed E-state index contributed by atoms with van der Waals surface area (Å²) in [5.74, 6) is 0.534. The number of thiophene rings is 1. The summed E-state index contributed by atoms with van der Waals surface area (Å²) in [7, 11) is 0. The molecule has 0 saturated carbocycles. The summed E-state index contributed by atoms with van der Waals surface area (Å²) < 4.78 is 0.886. The fraction of sp³-hybridized carbons (Fsp3) is 0.438. The van der Waals surface area contributed by atoms with Gasteiger partial charge in [0.1, 0.15) is 0 Å². The van der Waals surface area contributed by atoms with Crippen molar-refractivity contribution in [1.82, 2.24) is 10.6 Å². The van der Waals surface area contributed by atoms with Gasteiger partial charge in [0.2, 0.25) is 0 Å². The Hall–Kier alpha value is -1.99. The van der Waals surface area contributed by atoms with Crippen molar-refractivity contribution in [3.05, 3.63) is 39.3 Å². The lowest BCUT2D eigenvalue weighted by Gasteiger charge is -2.22. The Labute approximate surface area is 138 Å². The van der Waals surface area contributed by atoms with Crippen LogP contribution in [0.25, 0.3) is 10.1 Å². The van der Waals surface area contributed by atoms with Gasteiger partial charge in [0, 0.05) is 28.8 Å². The van der Waals surface area contributed by atoms with Gasteiger partial charge in [-0.1, -0.05) is 0 Å². The van der Waals surface area contributed by atoms with E-state index >= 15 is 0 Å². The summed E-state index contributed by atoms with van der Waals surface area (Å²) in [5.41, 5.74) is 0.0482. The van der Waals surface area contributed by atoms with E-state index in [2.05, 4.69) is 10.6 Å². The van der Waals surface area contributed by atoms with Gasteiger partial charge in [-0.15, -0.1) is 11.3 Å². The molecule has 1 aromatic carbocycles. The van der Waals surface area contributed by atoms with Gasteiger partial charge in [0.25, 0.3) is 11.6 Å². The predicted octanol–water partition coefficient (Wildman–Crippen LogP) is 2.93. The van der Waals surface area contributed by atoms with E-state index in [-0.39, 0.29) is 11.6 Å². The predicted molar refractivity (Wildman–Crippen MR) is 91.0 cm³/mol. The number of amides is 1. The van der Waals surface area contributed by atoms with Crippen LogP contribution in [0.2, 0.25) is 0 Å². The van der Waals surface area contributed by atoms with Crippen LogP contribution in [0.4, 0.5) is 5.69 Å². The van der Waals surface area contributed by atoms with Crippen molar-refractivity contribution < 1.29 is 9.72 Å². The number of benzene rings is 1. The zero-order valence-corrected chi connectivity index (χ0v) is 13.5. The first-order chi connectivity index (χ1) is 11.1. The number of nitro benzene ring substituents is 1. The van der Waals surface area contributed by atoms with Crippen LogP contribution in [0.5, 0.6) is 0 Å². The molecule has 0 spiro atoms. The zero-order chi connectivity index (χ0) is 16.2. The summed E-state index contributed by atoms with van der Waals surface area (Å²) in [6.45, 7) is 2.79. The number of nitro groups is 1. The molecule has 0 radical (unpaired) electrons. The molecule has 1 unspecified atom stereocenters. The van der Waals surface area contributed by atoms with Crippen LogP contribution < -0.4 is 10.6 Å². The Morgan fingerprint density at radius 3 is 3.04 bits per heavy atom. The van der Waals surface area contributed by atoms with Gasteiger partial charge >= 0.3 is 0 Å². The Morgan fingerprint density at radius 1 is 1.43 bits per heavy atom. The van der Waals surface area contributed by atoms with E-state index in [1.165, 1.54) is 36.3 Å². The second-order valence-electron chi connectivity index (χ2n) is 5.85. The molecule has 122 valence electrons. The lowest BCUT2D eigenvalue weighted by Crippen LogP contribution is -2.33. The molecule has 1 aromatic heterocycles. The molecule has 6 nitrogen and oxygen atoms in total. The summed E-state index contributed by atoms with van der Waals surface area (Å²) in [5, 5.41) is 17.9. The van der Waals surface area contributed by atoms with Crippen molar-refractivity contribution in [3.8, 4) is 0 Å². The molecule has 0 aliphatic carbocycles. The number of hydrogen-bond acceptors (Lipinski definition) is 5. The van der Waals surface area contributed by atoms with E-state index in [9.17, 15) is 14.9 Å². The van der Waals surface area contributed by atoms with Gasteiger partial charge in [0.15, 0.2) is 0 Å². The highest BCUT2D eigenvalue weighted by Gasteiger charge is 2.15. The Kier molecular flexibility index (Phi) is 4.88. The highest BCUT2D eigenvalue weighted by atomic mass is 32.1. The quantitative estimate of drug-likeness (QED) is 0.651. The third-order valence-corrected chi connectivity index (χ3v) is 5.29. The lowest BCUT2D eigenvalue weighted by atomic mass is 9.96. The monoisotopic (exact) mass is 333 g/mol. The fourth-order valence-corrected chi connectivity index (χ4v) is 3.86. The molecule has 0 bridgehead atoms. The van der Waals surface area contributed by atoms with Crippen LogP contribution in [0.1, 0.15) is 28.9 Å². The average Bonchev–Trinajstić information content (AvgIpc) is 2.99. The average molecular weight is 333 g/mol. The van der Waals surface area contributed by atoms with Crippen LogP contribution in [0, 0.1) is 16.0 Å². The number of piperidine rings is 1. The molecular weight excluding hydrogens is 314 g/mol. The number of nitrogens with zero attached hydrogens (tertiary/aromatic N) is 1. The minimum Gasteiger partial charge on any atom is -0.351 e. The summed E-state index contributed by atoms with van der Waals surface area (Å²) in [6.07, 6.45) is 3.40. The van der Waals surface area contributed by atoms with E-state index in [0.29, 0.717) is 17.3 Å². The normalized spacial score (nSPS) is 18.0. The number of nitrogens with one attached hydrogen (secondary N) is 2. The van der Waals surface area contributed by atoms with Crippen molar-refractivity contribution in [2.45, 2.75) is 19.3 Å². The zero-order valence-electron chi connectivity index (χ0n) is 12.7. The van der Waals surface area contributed by atoms with Crippen molar-refractivity contribution in [2.75, 3.05) is 19.6 Å². The van der Waals surface area contributed by atoms with Crippen LogP contribution >= 0.6 is 11.3 Å². The highest BCUT2D eigenvalue weighted by Crippen LogP contribution is 2.28. The summed E-state index contributed by atoms with van der Waals surface area (Å²) in [6, 6.07) is 6.40. The van der Waals surface area contributed by atoms with Gasteiger partial charge < -0.3 is 10.6 Å². The van der Waals surface area contributed by atoms with Crippen LogP contribution in [0.3, 0.4) is 0 Å². The first-order valence-corrected chi connectivity index (χ1v) is 8.62. The van der Waals surface area contributed by atoms with E-state index in [1.807, 2.05) is 0 Å². The minimum absolute atomic E-state index is 0.0482. The number of non-ortho nitro benzene ring substituents is 1. The standard InChI is InChI=1S/C16H19N3O3S/c20-16(18-7-5-11-2-1-6-17-10-11)15-9-12-8-13(19(21)22)3-4-14(12)23-15/h3-4,8-9,11,17H,1-2,5-7,10H2,(H,18,20). The second-order valence-corrected chi connectivity index (χ2v) is 6.93. The fourth-order valence-electron chi connectivity index (χ4n) is 2.90. The van der Waals surface area contributed by atoms with Gasteiger partial charge in [0.05, 0.1) is 9.80 Å². The minimum atomic E-state index is -0.422. The maximum Gasteiger partial charge on any atom is 0.270 e. The molecule has 7 heteroatoms. The largest absolute Gasteiger partial charge is 0.351 e. The summed E-state index contributed by atoms with van der Waals surface area (Å²) >= 11 is 1.36. The summed E-state index contributed by atoms with van der Waals surface area (Å²) in [4.78, 5) is 23.2. The van der Waals surface area contributed by atoms with Gasteiger partial charge in [-0.3, -0.25) is 14.9 Å². The van der Waals surface area contributed by atoms with Crippen LogP contribution in [-0.4, -0.2) is 30.5 Å². The van der Waals surface area contributed by atoms with Crippen molar-refractivity contribution in [2.24, 2.45) is 5.92 Å². The van der Waals surface area contributed by atoms with Gasteiger partial charge in [-0.2, -0.15) is 0 Å². The highest BCUT2D eigenvalue weighted by molar-refractivity contribution is 7.20. The molecule has 1 aliphatic rings. The third-order valence-electron chi connectivity index (χ3n) is 4.17. The Bertz CT molecular complexity index is 722. The molecule has 1 saturated heterocycles. The molecule has 1 amide bonds. The van der Waals surface area contributed by atoms with Crippen molar-refractivity contribution >= 4 is 33.0 Å². The number of hydrogen-bond donors (Lipinski definition) is 2. The van der Waals surface area contributed by atoms with E-state index in [0.717, 1.165) is 29.6 Å². The molecule has 1 aliphatic heterocycles. The maximum absolute atomic E-state index is 12.2. The lowest BCUT2D eigenvalue weighted by molar-refractivity contribution is -0.384. The third kappa shape index (κ3) is 3.86. The topological polar surface area (TPSA) is 84.3 Å². The number of fused-ring (bicyclic) bond motifs is 1. The number of rotatable bonds is 5. The first kappa shape index (κ1) is 15.9. The molecular formula is C16H19N3O3S. The molecule has 1 atom stereocenters.